The summed E-state index contributed by atoms with van der Waals surface area (Å²) in [6.07, 6.45) is 5.47. The number of hydrogen-bond donors (Lipinski definition) is 1. The third-order valence-electron chi connectivity index (χ3n) is 3.17. The van der Waals surface area contributed by atoms with E-state index < -0.39 is 0 Å². The first-order valence-electron chi connectivity index (χ1n) is 6.02. The van der Waals surface area contributed by atoms with Crippen LogP contribution in [0, 0.1) is 5.92 Å². The fourth-order valence-corrected chi connectivity index (χ4v) is 2.03. The molecule has 3 nitrogen and oxygen atoms in total. The van der Waals surface area contributed by atoms with Crippen LogP contribution >= 0.6 is 0 Å². The lowest BCUT2D eigenvalue weighted by molar-refractivity contribution is -0.122. The lowest BCUT2D eigenvalue weighted by atomic mass is 9.87. The average Bonchev–Trinajstić information content (AvgIpc) is 2.19. The van der Waals surface area contributed by atoms with E-state index in [0.29, 0.717) is 12.5 Å². The Balaban J connectivity index is 2.15. The van der Waals surface area contributed by atoms with Crippen molar-refractivity contribution in [3.8, 4) is 0 Å². The van der Waals surface area contributed by atoms with Gasteiger partial charge in [0.25, 0.3) is 0 Å². The summed E-state index contributed by atoms with van der Waals surface area (Å²) in [5, 5.41) is 3.13. The quantitative estimate of drug-likeness (QED) is 0.768. The highest BCUT2D eigenvalue weighted by molar-refractivity contribution is 5.76. The molecule has 1 amide bonds. The summed E-state index contributed by atoms with van der Waals surface area (Å²) in [5.41, 5.74) is 0. The highest BCUT2D eigenvalue weighted by Crippen LogP contribution is 2.23. The summed E-state index contributed by atoms with van der Waals surface area (Å²) in [7, 11) is 3.99. The minimum atomic E-state index is 0.211. The van der Waals surface area contributed by atoms with Crippen molar-refractivity contribution in [2.45, 2.75) is 45.1 Å². The summed E-state index contributed by atoms with van der Waals surface area (Å²) in [5.74, 6) is 1.06. The second-order valence-electron chi connectivity index (χ2n) is 5.08. The van der Waals surface area contributed by atoms with Crippen LogP contribution in [0.4, 0.5) is 0 Å². The van der Waals surface area contributed by atoms with Crippen LogP contribution in [-0.2, 0) is 4.79 Å². The van der Waals surface area contributed by atoms with Gasteiger partial charge in [-0.3, -0.25) is 4.79 Å². The average molecular weight is 212 g/mol. The molecular formula is C12H24N2O. The van der Waals surface area contributed by atoms with Gasteiger partial charge in [0, 0.05) is 19.0 Å². The smallest absolute Gasteiger partial charge is 0.221 e. The summed E-state index contributed by atoms with van der Waals surface area (Å²) < 4.78 is 0. The van der Waals surface area contributed by atoms with E-state index >= 15 is 0 Å². The van der Waals surface area contributed by atoms with E-state index in [2.05, 4.69) is 12.2 Å². The molecule has 1 rings (SSSR count). The molecule has 1 fully saturated rings. The Morgan fingerprint density at radius 3 is 2.40 bits per heavy atom. The van der Waals surface area contributed by atoms with Crippen LogP contribution in [0.2, 0.25) is 0 Å². The summed E-state index contributed by atoms with van der Waals surface area (Å²) in [6, 6.07) is 0.441. The molecule has 0 atom stereocenters. The zero-order valence-corrected chi connectivity index (χ0v) is 10.3. The molecule has 1 N–H and O–H groups in total. The molecule has 0 aromatic carbocycles. The van der Waals surface area contributed by atoms with Crippen molar-refractivity contribution in [2.75, 3.05) is 20.6 Å². The highest BCUT2D eigenvalue weighted by Gasteiger charge is 2.19. The van der Waals surface area contributed by atoms with Crippen LogP contribution in [0.25, 0.3) is 0 Å². The first-order chi connectivity index (χ1) is 7.08. The van der Waals surface area contributed by atoms with E-state index in [4.69, 9.17) is 0 Å². The lowest BCUT2D eigenvalue weighted by Crippen LogP contribution is -2.38. The number of nitrogens with zero attached hydrogens (tertiary/aromatic N) is 1. The molecule has 0 unspecified atom stereocenters. The molecule has 0 radical (unpaired) electrons. The van der Waals surface area contributed by atoms with Crippen molar-refractivity contribution in [1.82, 2.24) is 10.2 Å². The minimum Gasteiger partial charge on any atom is -0.353 e. The molecule has 0 heterocycles. The van der Waals surface area contributed by atoms with Crippen molar-refractivity contribution >= 4 is 5.91 Å². The Kier molecular flexibility index (Phi) is 5.09. The van der Waals surface area contributed by atoms with Gasteiger partial charge in [0.05, 0.1) is 0 Å². The molecule has 0 spiro atoms. The zero-order chi connectivity index (χ0) is 11.3. The van der Waals surface area contributed by atoms with Gasteiger partial charge in [0.2, 0.25) is 5.91 Å². The van der Waals surface area contributed by atoms with Gasteiger partial charge >= 0.3 is 0 Å². The molecule has 0 bridgehead atoms. The van der Waals surface area contributed by atoms with Gasteiger partial charge < -0.3 is 10.2 Å². The van der Waals surface area contributed by atoms with Gasteiger partial charge in [-0.05, 0) is 45.7 Å². The first-order valence-corrected chi connectivity index (χ1v) is 6.02. The Bertz CT molecular complexity index is 196. The van der Waals surface area contributed by atoms with Gasteiger partial charge in [0.1, 0.15) is 0 Å². The molecule has 1 aliphatic rings. The maximum atomic E-state index is 11.6. The number of hydrogen-bond acceptors (Lipinski definition) is 2. The van der Waals surface area contributed by atoms with Gasteiger partial charge in [-0.15, -0.1) is 0 Å². The minimum absolute atomic E-state index is 0.211. The summed E-state index contributed by atoms with van der Waals surface area (Å²) >= 11 is 0. The standard InChI is InChI=1S/C12H24N2O/c1-10-4-6-11(7-5-10)13-12(15)8-9-14(2)3/h10-11H,4-9H2,1-3H3,(H,13,15). The molecule has 3 heteroatoms. The Labute approximate surface area is 93.2 Å². The molecule has 0 aromatic rings. The number of rotatable bonds is 4. The van der Waals surface area contributed by atoms with Crippen LogP contribution in [0.1, 0.15) is 39.0 Å². The van der Waals surface area contributed by atoms with Crippen molar-refractivity contribution in [1.29, 1.82) is 0 Å². The monoisotopic (exact) mass is 212 g/mol. The van der Waals surface area contributed by atoms with E-state index in [-0.39, 0.29) is 5.91 Å². The second-order valence-corrected chi connectivity index (χ2v) is 5.08. The van der Waals surface area contributed by atoms with Crippen LogP contribution < -0.4 is 5.32 Å². The number of nitrogens with one attached hydrogen (secondary N) is 1. The van der Waals surface area contributed by atoms with Gasteiger partial charge in [-0.25, -0.2) is 0 Å². The molecule has 15 heavy (non-hydrogen) atoms. The topological polar surface area (TPSA) is 32.3 Å². The normalized spacial score (nSPS) is 26.7. The van der Waals surface area contributed by atoms with Crippen molar-refractivity contribution in [3.05, 3.63) is 0 Å². The van der Waals surface area contributed by atoms with Gasteiger partial charge in [-0.1, -0.05) is 6.92 Å². The number of amides is 1. The first kappa shape index (κ1) is 12.5. The SMILES string of the molecule is CC1CCC(NC(=O)CCN(C)C)CC1. The molecule has 1 aliphatic carbocycles. The summed E-state index contributed by atoms with van der Waals surface area (Å²) in [4.78, 5) is 13.6. The van der Waals surface area contributed by atoms with E-state index in [0.717, 1.165) is 25.3 Å². The third kappa shape index (κ3) is 5.17. The van der Waals surface area contributed by atoms with Crippen molar-refractivity contribution in [3.63, 3.8) is 0 Å². The van der Waals surface area contributed by atoms with Crippen molar-refractivity contribution < 1.29 is 4.79 Å². The molecule has 0 aromatic heterocycles. The van der Waals surface area contributed by atoms with Crippen LogP contribution in [0.5, 0.6) is 0 Å². The van der Waals surface area contributed by atoms with E-state index in [9.17, 15) is 4.79 Å². The van der Waals surface area contributed by atoms with E-state index in [1.165, 1.54) is 12.8 Å². The van der Waals surface area contributed by atoms with E-state index in [1.54, 1.807) is 0 Å². The van der Waals surface area contributed by atoms with Crippen molar-refractivity contribution in [2.24, 2.45) is 5.92 Å². The summed E-state index contributed by atoms with van der Waals surface area (Å²) in [6.45, 7) is 3.14. The molecule has 1 saturated carbocycles. The molecule has 0 saturated heterocycles. The lowest BCUT2D eigenvalue weighted by Gasteiger charge is -2.27. The Morgan fingerprint density at radius 1 is 1.27 bits per heavy atom. The third-order valence-corrected chi connectivity index (χ3v) is 3.17. The second kappa shape index (κ2) is 6.11. The zero-order valence-electron chi connectivity index (χ0n) is 10.3. The Morgan fingerprint density at radius 2 is 1.87 bits per heavy atom. The fraction of sp³-hybridized carbons (Fsp3) is 0.917. The fourth-order valence-electron chi connectivity index (χ4n) is 2.03. The van der Waals surface area contributed by atoms with Crippen LogP contribution in [0.3, 0.4) is 0 Å². The largest absolute Gasteiger partial charge is 0.353 e. The van der Waals surface area contributed by atoms with Crippen LogP contribution in [-0.4, -0.2) is 37.5 Å². The molecule has 88 valence electrons. The molecule has 0 aliphatic heterocycles. The predicted octanol–water partition coefficient (Wildman–Crippen LogP) is 1.63. The maximum absolute atomic E-state index is 11.6. The Hall–Kier alpha value is -0.570. The van der Waals surface area contributed by atoms with Gasteiger partial charge in [-0.2, -0.15) is 0 Å². The van der Waals surface area contributed by atoms with E-state index in [1.807, 2.05) is 19.0 Å². The maximum Gasteiger partial charge on any atom is 0.221 e. The van der Waals surface area contributed by atoms with Crippen LogP contribution in [0.15, 0.2) is 0 Å². The highest BCUT2D eigenvalue weighted by atomic mass is 16.1. The number of carbonyl (C=O) groups is 1. The molecular weight excluding hydrogens is 188 g/mol. The number of carbonyl (C=O) groups excluding carboxylic acids is 1. The predicted molar refractivity (Wildman–Crippen MR) is 62.7 cm³/mol. The van der Waals surface area contributed by atoms with Gasteiger partial charge in [0.15, 0.2) is 0 Å².